The van der Waals surface area contributed by atoms with Gasteiger partial charge in [-0.05, 0) is 25.2 Å². The second-order valence-electron chi connectivity index (χ2n) is 3.91. The van der Waals surface area contributed by atoms with Gasteiger partial charge in [-0.2, -0.15) is 0 Å². The van der Waals surface area contributed by atoms with E-state index in [9.17, 15) is 0 Å². The van der Waals surface area contributed by atoms with Crippen LogP contribution in [-0.4, -0.2) is 19.5 Å². The van der Waals surface area contributed by atoms with Gasteiger partial charge in [-0.1, -0.05) is 11.6 Å². The number of nitrogens with one attached hydrogen (secondary N) is 1. The number of hydrogen-bond donors (Lipinski definition) is 1. The summed E-state index contributed by atoms with van der Waals surface area (Å²) < 4.78 is 2.56. The van der Waals surface area contributed by atoms with E-state index in [1.807, 2.05) is 23.8 Å². The van der Waals surface area contributed by atoms with Gasteiger partial charge in [0.2, 0.25) is 0 Å². The van der Waals surface area contributed by atoms with Crippen LogP contribution in [0.5, 0.6) is 0 Å². The molecule has 3 heterocycles. The highest BCUT2D eigenvalue weighted by Crippen LogP contribution is 2.19. The zero-order valence-corrected chi connectivity index (χ0v) is 11.9. The molecule has 1 N–H and O–H groups in total. The van der Waals surface area contributed by atoms with E-state index in [0.717, 1.165) is 16.2 Å². The zero-order chi connectivity index (χ0) is 12.7. The van der Waals surface area contributed by atoms with Gasteiger partial charge in [0, 0.05) is 17.3 Å². The van der Waals surface area contributed by atoms with E-state index < -0.39 is 0 Å². The molecular formula is C11H9ClN4S2. The first-order valence-electron chi connectivity index (χ1n) is 5.29. The van der Waals surface area contributed by atoms with Gasteiger partial charge in [-0.15, -0.1) is 11.3 Å². The van der Waals surface area contributed by atoms with Crippen molar-refractivity contribution in [2.75, 3.05) is 0 Å². The quantitative estimate of drug-likeness (QED) is 0.736. The molecule has 0 aliphatic carbocycles. The topological polar surface area (TPSA) is 46.5 Å². The Bertz CT molecular complexity index is 771. The summed E-state index contributed by atoms with van der Waals surface area (Å²) in [7, 11) is 0. The monoisotopic (exact) mass is 296 g/mol. The average molecular weight is 297 g/mol. The molecule has 0 unspecified atom stereocenters. The molecule has 0 amide bonds. The minimum Gasteiger partial charge on any atom is -0.329 e. The fourth-order valence-corrected chi connectivity index (χ4v) is 2.97. The molecular weight excluding hydrogens is 288 g/mol. The van der Waals surface area contributed by atoms with Crippen LogP contribution < -0.4 is 0 Å². The average Bonchev–Trinajstić information content (AvgIpc) is 2.84. The Balaban J connectivity index is 2.11. The third kappa shape index (κ3) is 2.07. The van der Waals surface area contributed by atoms with Gasteiger partial charge in [-0.25, -0.2) is 9.97 Å². The van der Waals surface area contributed by atoms with Crippen molar-refractivity contribution in [2.45, 2.75) is 13.5 Å². The number of halogens is 1. The molecule has 92 valence electrons. The Morgan fingerprint density at radius 2 is 2.28 bits per heavy atom. The normalized spacial score (nSPS) is 11.2. The molecule has 0 atom stereocenters. The second kappa shape index (κ2) is 4.46. The number of imidazole rings is 1. The molecule has 0 aliphatic heterocycles. The van der Waals surface area contributed by atoms with Crippen molar-refractivity contribution >= 4 is 46.3 Å². The van der Waals surface area contributed by atoms with Gasteiger partial charge in [0.1, 0.15) is 5.01 Å². The first-order valence-corrected chi connectivity index (χ1v) is 6.89. The van der Waals surface area contributed by atoms with E-state index in [0.29, 0.717) is 16.3 Å². The Kier molecular flexibility index (Phi) is 2.93. The van der Waals surface area contributed by atoms with Crippen molar-refractivity contribution in [3.63, 3.8) is 0 Å². The van der Waals surface area contributed by atoms with Crippen molar-refractivity contribution in [3.05, 3.63) is 38.1 Å². The third-order valence-corrected chi connectivity index (χ3v) is 3.96. The lowest BCUT2D eigenvalue weighted by molar-refractivity contribution is 0.794. The Labute approximate surface area is 117 Å². The van der Waals surface area contributed by atoms with Crippen LogP contribution in [0.25, 0.3) is 11.2 Å². The number of pyridine rings is 1. The standard InChI is InChI=1S/C11H9ClN4S2/c1-6-3-13-9(18-6)5-16-10-8(15-11(16)17)2-7(12)4-14-10/h2-4H,5H2,1H3,(H,15,17). The second-order valence-corrected chi connectivity index (χ2v) is 6.05. The highest BCUT2D eigenvalue weighted by atomic mass is 35.5. The summed E-state index contributed by atoms with van der Waals surface area (Å²) in [5, 5.41) is 1.61. The van der Waals surface area contributed by atoms with Crippen LogP contribution in [0.2, 0.25) is 5.02 Å². The molecule has 7 heteroatoms. The van der Waals surface area contributed by atoms with Crippen molar-refractivity contribution in [3.8, 4) is 0 Å². The SMILES string of the molecule is Cc1cnc(Cn2c(=S)[nH]c3cc(Cl)cnc32)s1. The van der Waals surface area contributed by atoms with E-state index in [1.54, 1.807) is 17.5 Å². The summed E-state index contributed by atoms with van der Waals surface area (Å²) in [4.78, 5) is 12.9. The number of fused-ring (bicyclic) bond motifs is 1. The molecule has 0 aromatic carbocycles. The largest absolute Gasteiger partial charge is 0.329 e. The van der Waals surface area contributed by atoms with Gasteiger partial charge in [0.05, 0.1) is 17.1 Å². The van der Waals surface area contributed by atoms with E-state index >= 15 is 0 Å². The van der Waals surface area contributed by atoms with E-state index in [1.165, 1.54) is 4.88 Å². The van der Waals surface area contributed by atoms with E-state index in [-0.39, 0.29) is 0 Å². The Morgan fingerprint density at radius 1 is 1.44 bits per heavy atom. The van der Waals surface area contributed by atoms with Crippen molar-refractivity contribution in [1.29, 1.82) is 0 Å². The first-order chi connectivity index (χ1) is 8.63. The molecule has 4 nitrogen and oxygen atoms in total. The predicted octanol–water partition coefficient (Wildman–Crippen LogP) is 3.56. The summed E-state index contributed by atoms with van der Waals surface area (Å²) in [5.41, 5.74) is 1.65. The lowest BCUT2D eigenvalue weighted by atomic mass is 10.4. The number of thiazole rings is 1. The number of nitrogens with zero attached hydrogens (tertiary/aromatic N) is 3. The number of H-pyrrole nitrogens is 1. The van der Waals surface area contributed by atoms with Crippen LogP contribution in [0.4, 0.5) is 0 Å². The number of hydrogen-bond acceptors (Lipinski definition) is 4. The predicted molar refractivity (Wildman–Crippen MR) is 75.9 cm³/mol. The molecule has 0 saturated heterocycles. The van der Waals surface area contributed by atoms with Crippen LogP contribution in [0.1, 0.15) is 9.88 Å². The maximum Gasteiger partial charge on any atom is 0.179 e. The molecule has 3 aromatic heterocycles. The summed E-state index contributed by atoms with van der Waals surface area (Å²) in [6.45, 7) is 2.67. The molecule has 0 radical (unpaired) electrons. The smallest absolute Gasteiger partial charge is 0.179 e. The van der Waals surface area contributed by atoms with Gasteiger partial charge < -0.3 is 4.98 Å². The Hall–Kier alpha value is -1.24. The van der Waals surface area contributed by atoms with Gasteiger partial charge in [0.25, 0.3) is 0 Å². The lowest BCUT2D eigenvalue weighted by Crippen LogP contribution is -2.00. The van der Waals surface area contributed by atoms with Crippen molar-refractivity contribution < 1.29 is 0 Å². The summed E-state index contributed by atoms with van der Waals surface area (Å²) in [6.07, 6.45) is 3.48. The maximum absolute atomic E-state index is 5.91. The minimum atomic E-state index is 0.594. The Morgan fingerprint density at radius 3 is 3.00 bits per heavy atom. The molecule has 0 fully saturated rings. The lowest BCUT2D eigenvalue weighted by Gasteiger charge is -2.00. The van der Waals surface area contributed by atoms with Crippen LogP contribution in [0.3, 0.4) is 0 Å². The fraction of sp³-hybridized carbons (Fsp3) is 0.182. The molecule has 0 aliphatic rings. The van der Waals surface area contributed by atoms with Gasteiger partial charge in [0.15, 0.2) is 10.4 Å². The highest BCUT2D eigenvalue weighted by Gasteiger charge is 2.08. The van der Waals surface area contributed by atoms with E-state index in [4.69, 9.17) is 23.8 Å². The summed E-state index contributed by atoms with van der Waals surface area (Å²) in [5.74, 6) is 0. The van der Waals surface area contributed by atoms with Crippen LogP contribution in [0.15, 0.2) is 18.5 Å². The molecule has 0 spiro atoms. The van der Waals surface area contributed by atoms with Crippen LogP contribution >= 0.6 is 35.2 Å². The molecule has 3 rings (SSSR count). The van der Waals surface area contributed by atoms with Crippen LogP contribution in [0, 0.1) is 11.7 Å². The van der Waals surface area contributed by atoms with Crippen molar-refractivity contribution in [2.24, 2.45) is 0 Å². The van der Waals surface area contributed by atoms with Crippen molar-refractivity contribution in [1.82, 2.24) is 19.5 Å². The molecule has 0 bridgehead atoms. The number of aromatic nitrogens is 4. The molecule has 3 aromatic rings. The summed E-state index contributed by atoms with van der Waals surface area (Å²) in [6, 6.07) is 1.82. The van der Waals surface area contributed by atoms with E-state index in [2.05, 4.69) is 15.0 Å². The fourth-order valence-electron chi connectivity index (χ4n) is 1.77. The minimum absolute atomic E-state index is 0.594. The van der Waals surface area contributed by atoms with Crippen LogP contribution in [-0.2, 0) is 6.54 Å². The maximum atomic E-state index is 5.91. The summed E-state index contributed by atoms with van der Waals surface area (Å²) >= 11 is 12.9. The highest BCUT2D eigenvalue weighted by molar-refractivity contribution is 7.71. The number of aryl methyl sites for hydroxylation is 1. The first kappa shape index (κ1) is 11.8. The number of aromatic amines is 1. The van der Waals surface area contributed by atoms with Gasteiger partial charge in [-0.3, -0.25) is 4.57 Å². The number of rotatable bonds is 2. The van der Waals surface area contributed by atoms with Gasteiger partial charge >= 0.3 is 0 Å². The molecule has 18 heavy (non-hydrogen) atoms. The third-order valence-electron chi connectivity index (χ3n) is 2.54. The molecule has 0 saturated carbocycles. The zero-order valence-electron chi connectivity index (χ0n) is 9.48.